The van der Waals surface area contributed by atoms with E-state index in [1.54, 1.807) is 49.7 Å². The minimum atomic E-state index is -3.45. The average Bonchev–Trinajstić information content (AvgIpc) is 3.62. The largest absolute Gasteiger partial charge is 0.460 e. The van der Waals surface area contributed by atoms with Crippen LogP contribution in [0.2, 0.25) is 0 Å². The normalized spacial score (nSPS) is 11.9. The molecule has 0 spiro atoms. The highest BCUT2D eigenvalue weighted by Crippen LogP contribution is 2.46. The smallest absolute Gasteiger partial charge is 0.361 e. The van der Waals surface area contributed by atoms with Gasteiger partial charge in [0.1, 0.15) is 17.0 Å². The summed E-state index contributed by atoms with van der Waals surface area (Å²) in [5.41, 5.74) is 9.26. The van der Waals surface area contributed by atoms with Crippen LogP contribution in [0, 0.1) is 13.8 Å². The Hall–Kier alpha value is -4.25. The van der Waals surface area contributed by atoms with Crippen molar-refractivity contribution in [3.8, 4) is 0 Å². The lowest BCUT2D eigenvalue weighted by atomic mass is 10.1. The molecule has 0 aliphatic rings. The maximum Gasteiger partial charge on any atom is 0.361 e. The molecule has 3 N–H and O–H groups in total. The molecule has 0 aliphatic carbocycles. The molecule has 2 aromatic carbocycles. The maximum atomic E-state index is 13.4. The topological polar surface area (TPSA) is 156 Å². The number of nitrogens with one attached hydrogen (secondary N) is 1. The van der Waals surface area contributed by atoms with Gasteiger partial charge in [-0.25, -0.2) is 4.98 Å². The second-order valence-corrected chi connectivity index (χ2v) is 11.7. The fourth-order valence-electron chi connectivity index (χ4n) is 5.01. The highest BCUT2D eigenvalue weighted by Gasteiger charge is 2.27. The van der Waals surface area contributed by atoms with E-state index in [1.165, 1.54) is 0 Å². The van der Waals surface area contributed by atoms with Gasteiger partial charge in [0, 0.05) is 11.9 Å². The van der Waals surface area contributed by atoms with Crippen LogP contribution in [0.3, 0.4) is 0 Å². The Morgan fingerprint density at radius 2 is 1.74 bits per heavy atom. The minimum Gasteiger partial charge on any atom is -0.460 e. The zero-order valence-electron chi connectivity index (χ0n) is 24.1. The molecule has 12 nitrogen and oxygen atoms in total. The Balaban J connectivity index is 1.63. The Morgan fingerprint density at radius 3 is 2.36 bits per heavy atom. The Kier molecular flexibility index (Phi) is 8.05. The van der Waals surface area contributed by atoms with Crippen molar-refractivity contribution in [2.75, 3.05) is 18.5 Å². The zero-order valence-corrected chi connectivity index (χ0v) is 25.0. The Labute approximate surface area is 242 Å². The van der Waals surface area contributed by atoms with E-state index in [0.29, 0.717) is 51.0 Å². The summed E-state index contributed by atoms with van der Waals surface area (Å²) >= 11 is 0. The lowest BCUT2D eigenvalue weighted by Gasteiger charge is -2.17. The summed E-state index contributed by atoms with van der Waals surface area (Å²) < 4.78 is 33.5. The van der Waals surface area contributed by atoms with Gasteiger partial charge in [-0.3, -0.25) is 24.2 Å². The Bertz CT molecular complexity index is 1840. The number of furan rings is 1. The highest BCUT2D eigenvalue weighted by atomic mass is 31.2. The third kappa shape index (κ3) is 5.36. The van der Waals surface area contributed by atoms with Crippen LogP contribution < -0.4 is 16.4 Å². The van der Waals surface area contributed by atoms with Crippen LogP contribution in [0.25, 0.3) is 22.0 Å². The predicted octanol–water partition coefficient (Wildman–Crippen LogP) is 4.91. The van der Waals surface area contributed by atoms with Crippen molar-refractivity contribution in [2.45, 2.75) is 47.7 Å². The predicted molar refractivity (Wildman–Crippen MR) is 159 cm³/mol. The van der Waals surface area contributed by atoms with Gasteiger partial charge in [-0.1, -0.05) is 12.1 Å². The number of benzene rings is 2. The number of anilines is 1. The molecule has 5 aromatic rings. The van der Waals surface area contributed by atoms with Crippen LogP contribution in [0.15, 0.2) is 46.9 Å². The molecule has 0 aliphatic heterocycles. The molecule has 0 fully saturated rings. The molecule has 0 unspecified atom stereocenters. The number of rotatable bonds is 11. The molecule has 220 valence electrons. The van der Waals surface area contributed by atoms with Gasteiger partial charge in [-0.2, -0.15) is 5.10 Å². The number of imidazole rings is 1. The van der Waals surface area contributed by atoms with Crippen molar-refractivity contribution < 1.29 is 27.6 Å². The number of nitrogens with zero attached hydrogens (tertiary/aromatic N) is 4. The van der Waals surface area contributed by atoms with Crippen LogP contribution in [-0.2, 0) is 26.7 Å². The summed E-state index contributed by atoms with van der Waals surface area (Å²) in [5.74, 6) is -0.181. The van der Waals surface area contributed by atoms with E-state index in [1.807, 2.05) is 36.6 Å². The summed E-state index contributed by atoms with van der Waals surface area (Å²) in [6, 6.07) is 12.2. The number of aromatic nitrogens is 4. The van der Waals surface area contributed by atoms with Crippen molar-refractivity contribution in [1.29, 1.82) is 0 Å². The monoisotopic (exact) mass is 592 g/mol. The number of aryl methyl sites for hydroxylation is 3. The van der Waals surface area contributed by atoms with Gasteiger partial charge in [-0.15, -0.1) is 0 Å². The number of carbonyl (C=O) groups is 2. The number of nitrogens with two attached hydrogens (primary N) is 1. The maximum absolute atomic E-state index is 13.4. The summed E-state index contributed by atoms with van der Waals surface area (Å²) in [6.45, 7) is 10.3. The molecule has 3 aromatic heterocycles. The minimum absolute atomic E-state index is 0.194. The molecule has 13 heteroatoms. The fourth-order valence-corrected chi connectivity index (χ4v) is 6.57. The van der Waals surface area contributed by atoms with Crippen LogP contribution in [-0.4, -0.2) is 44.4 Å². The summed E-state index contributed by atoms with van der Waals surface area (Å²) in [6.07, 6.45) is 0. The molecule has 42 heavy (non-hydrogen) atoms. The van der Waals surface area contributed by atoms with E-state index < -0.39 is 13.5 Å². The van der Waals surface area contributed by atoms with Gasteiger partial charge in [0.2, 0.25) is 5.95 Å². The van der Waals surface area contributed by atoms with Crippen molar-refractivity contribution >= 4 is 52.7 Å². The number of hydrogen-bond acceptors (Lipinski definition) is 8. The van der Waals surface area contributed by atoms with Crippen LogP contribution in [0.5, 0.6) is 0 Å². The van der Waals surface area contributed by atoms with Gasteiger partial charge in [0.05, 0.1) is 47.4 Å². The quantitative estimate of drug-likeness (QED) is 0.205. The van der Waals surface area contributed by atoms with Crippen LogP contribution in [0.1, 0.15) is 58.6 Å². The third-order valence-corrected chi connectivity index (χ3v) is 8.87. The highest BCUT2D eigenvalue weighted by molar-refractivity contribution is 7.62. The standard InChI is InChI=1S/C29H33N6O6P/c1-6-35-24(13-17(4)33-35)28(37)32-29-31-23-15-22(27(30)36)26-21(14-18(5)41-26)25(23)34(29)16-19-9-11-20(12-10-19)42(38,39-7-2)40-8-3/h9-15H,6-8,16H2,1-5H3,(H2,30,36)(H,31,32,37). The molecule has 0 atom stereocenters. The fraction of sp³-hybridized carbons (Fsp3) is 0.310. The van der Waals surface area contributed by atoms with E-state index in [2.05, 4.69) is 10.4 Å². The molecule has 0 saturated carbocycles. The second kappa shape index (κ2) is 11.6. The van der Waals surface area contributed by atoms with E-state index in [9.17, 15) is 14.2 Å². The first-order valence-electron chi connectivity index (χ1n) is 13.7. The van der Waals surface area contributed by atoms with Gasteiger partial charge < -0.3 is 23.8 Å². The molecule has 0 radical (unpaired) electrons. The second-order valence-electron chi connectivity index (χ2n) is 9.72. The third-order valence-electron chi connectivity index (χ3n) is 6.75. The van der Waals surface area contributed by atoms with Crippen molar-refractivity contribution in [3.63, 3.8) is 0 Å². The van der Waals surface area contributed by atoms with E-state index in [-0.39, 0.29) is 37.2 Å². The first-order valence-corrected chi connectivity index (χ1v) is 15.2. The van der Waals surface area contributed by atoms with Gasteiger partial charge >= 0.3 is 7.60 Å². The van der Waals surface area contributed by atoms with Crippen molar-refractivity contribution in [2.24, 2.45) is 5.73 Å². The van der Waals surface area contributed by atoms with E-state index in [0.717, 1.165) is 5.56 Å². The zero-order chi connectivity index (χ0) is 30.2. The molecule has 5 rings (SSSR count). The number of carbonyl (C=O) groups excluding carboxylic acids is 2. The summed E-state index contributed by atoms with van der Waals surface area (Å²) in [7, 11) is -3.45. The van der Waals surface area contributed by atoms with Crippen molar-refractivity contribution in [3.05, 3.63) is 70.7 Å². The van der Waals surface area contributed by atoms with E-state index in [4.69, 9.17) is 24.2 Å². The lowest BCUT2D eigenvalue weighted by Crippen LogP contribution is -2.20. The van der Waals surface area contributed by atoms with Crippen LogP contribution >= 0.6 is 7.60 Å². The van der Waals surface area contributed by atoms with Gasteiger partial charge in [0.25, 0.3) is 11.8 Å². The molecule has 0 saturated heterocycles. The van der Waals surface area contributed by atoms with Crippen molar-refractivity contribution in [1.82, 2.24) is 19.3 Å². The van der Waals surface area contributed by atoms with Gasteiger partial charge in [0.15, 0.2) is 0 Å². The number of amides is 2. The van der Waals surface area contributed by atoms with Crippen LogP contribution in [0.4, 0.5) is 5.95 Å². The van der Waals surface area contributed by atoms with Gasteiger partial charge in [-0.05, 0) is 70.5 Å². The number of hydrogen-bond donors (Lipinski definition) is 2. The molecule has 0 bridgehead atoms. The molecule has 3 heterocycles. The van der Waals surface area contributed by atoms with E-state index >= 15 is 0 Å². The summed E-state index contributed by atoms with van der Waals surface area (Å²) in [4.78, 5) is 30.4. The molecule has 2 amide bonds. The molecular formula is C29H33N6O6P. The first kappa shape index (κ1) is 29.2. The lowest BCUT2D eigenvalue weighted by molar-refractivity contribution is 0.0996. The SMILES string of the molecule is CCOP(=O)(OCC)c1ccc(Cn2c(NC(=O)c3cc(C)nn3CC)nc3cc(C(N)=O)c4oc(C)cc4c32)cc1. The average molecular weight is 593 g/mol. The number of primary amides is 1. The summed E-state index contributed by atoms with van der Waals surface area (Å²) in [5, 5.41) is 8.39. The number of fused-ring (bicyclic) bond motifs is 3. The Morgan fingerprint density at radius 1 is 1.05 bits per heavy atom. The molecular weight excluding hydrogens is 559 g/mol. The first-order chi connectivity index (χ1) is 20.1.